The number of nitrogens with one attached hydrogen (secondary N) is 2. The number of ether oxygens (including phenoxy) is 1. The van der Waals surface area contributed by atoms with Gasteiger partial charge in [0.05, 0.1) is 0 Å². The van der Waals surface area contributed by atoms with Crippen LogP contribution < -0.4 is 10.6 Å². The van der Waals surface area contributed by atoms with Crippen LogP contribution in [0, 0.1) is 0 Å². The molecule has 7 heteroatoms. The van der Waals surface area contributed by atoms with Crippen LogP contribution in [0.2, 0.25) is 0 Å². The van der Waals surface area contributed by atoms with Crippen LogP contribution in [0.3, 0.4) is 0 Å². The highest BCUT2D eigenvalue weighted by atomic mass is 16.5. The average molecular weight is 628 g/mol. The topological polar surface area (TPSA) is 87.7 Å². The Morgan fingerprint density at radius 3 is 1.80 bits per heavy atom. The van der Waals surface area contributed by atoms with Crippen molar-refractivity contribution in [1.82, 2.24) is 15.5 Å². The predicted molar refractivity (Wildman–Crippen MR) is 189 cm³/mol. The van der Waals surface area contributed by atoms with Crippen LogP contribution in [0.4, 0.5) is 0 Å². The van der Waals surface area contributed by atoms with E-state index in [4.69, 9.17) is 4.74 Å². The second kappa shape index (κ2) is 23.2. The van der Waals surface area contributed by atoms with Crippen LogP contribution in [0.1, 0.15) is 70.8 Å². The Labute approximate surface area is 276 Å². The monoisotopic (exact) mass is 627 g/mol. The molecule has 46 heavy (non-hydrogen) atoms. The third kappa shape index (κ3) is 15.7. The molecular weight excluding hydrogens is 574 g/mol. The summed E-state index contributed by atoms with van der Waals surface area (Å²) in [6.45, 7) is 6.00. The van der Waals surface area contributed by atoms with Gasteiger partial charge in [-0.1, -0.05) is 110 Å². The predicted octanol–water partition coefficient (Wildman–Crippen LogP) is 7.03. The van der Waals surface area contributed by atoms with Gasteiger partial charge in [-0.05, 0) is 58.9 Å². The average Bonchev–Trinajstić information content (AvgIpc) is 3.37. The summed E-state index contributed by atoms with van der Waals surface area (Å²) in [5.74, 6) is -0.613. The molecule has 2 N–H and O–H groups in total. The number of ketones is 1. The van der Waals surface area contributed by atoms with Crippen molar-refractivity contribution in [1.29, 1.82) is 0 Å². The van der Waals surface area contributed by atoms with Crippen molar-refractivity contribution in [3.63, 3.8) is 0 Å². The Bertz CT molecular complexity index is 1270. The number of rotatable bonds is 22. The minimum absolute atomic E-state index is 0.0256. The fourth-order valence-electron chi connectivity index (χ4n) is 4.51. The van der Waals surface area contributed by atoms with Gasteiger partial charge in [0.15, 0.2) is 11.4 Å². The second-order valence-electron chi connectivity index (χ2n) is 11.2. The molecule has 0 aliphatic carbocycles. The van der Waals surface area contributed by atoms with Crippen molar-refractivity contribution < 1.29 is 19.1 Å². The molecule has 0 saturated carbocycles. The van der Waals surface area contributed by atoms with Crippen molar-refractivity contribution in [2.24, 2.45) is 0 Å². The summed E-state index contributed by atoms with van der Waals surface area (Å²) in [5.41, 5.74) is -0.479. The minimum atomic E-state index is -1.19. The van der Waals surface area contributed by atoms with Gasteiger partial charge in [0, 0.05) is 44.2 Å². The second-order valence-corrected chi connectivity index (χ2v) is 11.2. The molecule has 0 fully saturated rings. The molecule has 7 nitrogen and oxygen atoms in total. The molecule has 0 radical (unpaired) electrons. The van der Waals surface area contributed by atoms with E-state index in [1.54, 1.807) is 6.92 Å². The van der Waals surface area contributed by atoms with Crippen molar-refractivity contribution in [2.45, 2.75) is 70.8 Å². The summed E-state index contributed by atoms with van der Waals surface area (Å²) in [6, 6.07) is 9.15. The van der Waals surface area contributed by atoms with Crippen LogP contribution in [0.5, 0.6) is 0 Å². The SMILES string of the molecule is CCC=CCC=CCC=CCC=CCC=CCC=CCCC(=O)NCCN(C)CCNC(=O)C1=CC(=O)C(C)(c2ccccc2)O1. The van der Waals surface area contributed by atoms with Gasteiger partial charge in [-0.15, -0.1) is 0 Å². The first-order valence-corrected chi connectivity index (χ1v) is 16.5. The largest absolute Gasteiger partial charge is 0.469 e. The molecule has 1 heterocycles. The van der Waals surface area contributed by atoms with Gasteiger partial charge in [0.1, 0.15) is 0 Å². The standard InChI is InChI=1S/C39H53N3O4/c1-4-5-6-7-8-9-10-11-12-13-14-15-16-17-18-19-20-21-25-28-37(44)40-29-31-42(3)32-30-41-38(45)35-33-36(43)39(2,46-35)34-26-23-22-24-27-34/h5-6,8-9,11-12,14-15,17-18,20-24,26-27,33H,4,7,10,13,16,19,25,28-32H2,1-3H3,(H,40,44)(H,41,45). The van der Waals surface area contributed by atoms with Gasteiger partial charge < -0.3 is 20.3 Å². The van der Waals surface area contributed by atoms with E-state index in [-0.39, 0.29) is 17.4 Å². The molecule has 1 unspecified atom stereocenters. The number of carbonyl (C=O) groups excluding carboxylic acids is 3. The van der Waals surface area contributed by atoms with E-state index in [1.807, 2.05) is 48.4 Å². The first-order valence-electron chi connectivity index (χ1n) is 16.5. The van der Waals surface area contributed by atoms with E-state index >= 15 is 0 Å². The molecule has 248 valence electrons. The summed E-state index contributed by atoms with van der Waals surface area (Å²) in [5, 5.41) is 5.75. The fourth-order valence-corrected chi connectivity index (χ4v) is 4.51. The molecule has 2 amide bonds. The minimum Gasteiger partial charge on any atom is -0.469 e. The van der Waals surface area contributed by atoms with E-state index in [1.165, 1.54) is 6.08 Å². The number of benzene rings is 1. The zero-order valence-corrected chi connectivity index (χ0v) is 28.0. The number of nitrogens with zero attached hydrogens (tertiary/aromatic N) is 1. The highest BCUT2D eigenvalue weighted by Gasteiger charge is 2.43. The van der Waals surface area contributed by atoms with Gasteiger partial charge in [0.25, 0.3) is 5.91 Å². The van der Waals surface area contributed by atoms with Crippen LogP contribution in [-0.2, 0) is 24.7 Å². The number of hydrogen-bond acceptors (Lipinski definition) is 5. The lowest BCUT2D eigenvalue weighted by Crippen LogP contribution is -2.38. The van der Waals surface area contributed by atoms with Crippen molar-refractivity contribution >= 4 is 17.6 Å². The van der Waals surface area contributed by atoms with Gasteiger partial charge >= 0.3 is 0 Å². The molecule has 2 rings (SSSR count). The first-order chi connectivity index (χ1) is 22.4. The Morgan fingerprint density at radius 1 is 0.761 bits per heavy atom. The number of carbonyl (C=O) groups is 3. The lowest BCUT2D eigenvalue weighted by molar-refractivity contribution is -0.132. The van der Waals surface area contributed by atoms with Crippen molar-refractivity contribution in [2.75, 3.05) is 33.2 Å². The van der Waals surface area contributed by atoms with Gasteiger partial charge in [-0.2, -0.15) is 0 Å². The van der Waals surface area contributed by atoms with Gasteiger partial charge in [-0.3, -0.25) is 14.4 Å². The molecule has 1 atom stereocenters. The quantitative estimate of drug-likeness (QED) is 0.135. The summed E-state index contributed by atoms with van der Waals surface area (Å²) >= 11 is 0. The van der Waals surface area contributed by atoms with E-state index in [0.717, 1.165) is 38.5 Å². The number of likely N-dealkylation sites (N-methyl/N-ethyl adjacent to an activating group) is 1. The molecule has 0 aromatic heterocycles. The maximum Gasteiger partial charge on any atom is 0.286 e. The van der Waals surface area contributed by atoms with E-state index in [0.29, 0.717) is 44.6 Å². The smallest absolute Gasteiger partial charge is 0.286 e. The highest BCUT2D eigenvalue weighted by Crippen LogP contribution is 2.34. The molecule has 0 spiro atoms. The van der Waals surface area contributed by atoms with Crippen molar-refractivity contribution in [3.05, 3.63) is 121 Å². The summed E-state index contributed by atoms with van der Waals surface area (Å²) in [4.78, 5) is 39.3. The Morgan fingerprint density at radius 2 is 1.26 bits per heavy atom. The number of allylic oxidation sites excluding steroid dienone is 12. The molecule has 1 aliphatic heterocycles. The third-order valence-electron chi connectivity index (χ3n) is 7.32. The molecular formula is C39H53N3O4. The van der Waals surface area contributed by atoms with Crippen LogP contribution in [0.15, 0.2) is 115 Å². The van der Waals surface area contributed by atoms with Gasteiger partial charge in [-0.25, -0.2) is 0 Å². The molecule has 1 aliphatic rings. The lowest BCUT2D eigenvalue weighted by atomic mass is 9.92. The molecule has 0 bridgehead atoms. The molecule has 1 aromatic rings. The normalized spacial score (nSPS) is 17.0. The fraction of sp³-hybridized carbons (Fsp3) is 0.410. The lowest BCUT2D eigenvalue weighted by Gasteiger charge is -2.24. The molecule has 0 saturated heterocycles. The summed E-state index contributed by atoms with van der Waals surface area (Å²) in [6.07, 6.45) is 34.3. The van der Waals surface area contributed by atoms with Gasteiger partial charge in [0.2, 0.25) is 11.7 Å². The third-order valence-corrected chi connectivity index (χ3v) is 7.32. The van der Waals surface area contributed by atoms with Crippen molar-refractivity contribution in [3.8, 4) is 0 Å². The summed E-state index contributed by atoms with van der Waals surface area (Å²) < 4.78 is 5.78. The number of hydrogen-bond donors (Lipinski definition) is 2. The summed E-state index contributed by atoms with van der Waals surface area (Å²) in [7, 11) is 1.93. The van der Waals surface area contributed by atoms with E-state index in [2.05, 4.69) is 84.4 Å². The van der Waals surface area contributed by atoms with Crippen LogP contribution in [-0.4, -0.2) is 55.7 Å². The maximum absolute atomic E-state index is 12.6. The molecule has 1 aromatic carbocycles. The van der Waals surface area contributed by atoms with E-state index in [9.17, 15) is 14.4 Å². The van der Waals surface area contributed by atoms with E-state index < -0.39 is 11.5 Å². The van der Waals surface area contributed by atoms with Crippen LogP contribution in [0.25, 0.3) is 0 Å². The Balaban J connectivity index is 1.46. The number of amides is 2. The highest BCUT2D eigenvalue weighted by molar-refractivity contribution is 6.07. The Hall–Kier alpha value is -4.23. The zero-order chi connectivity index (χ0) is 33.3. The first kappa shape index (κ1) is 38.0. The zero-order valence-electron chi connectivity index (χ0n) is 28.0. The van der Waals surface area contributed by atoms with Crippen LogP contribution >= 0.6 is 0 Å². The maximum atomic E-state index is 12.6. The Kier molecular flexibility index (Phi) is 19.1.